The largest absolute Gasteiger partial charge is 0.324 e. The van der Waals surface area contributed by atoms with Crippen molar-refractivity contribution in [2.45, 2.75) is 28.9 Å². The van der Waals surface area contributed by atoms with Crippen LogP contribution >= 0.6 is 11.8 Å². The number of nitrogens with zero attached hydrogens (tertiary/aromatic N) is 4. The lowest BCUT2D eigenvalue weighted by atomic mass is 10.2. The molecule has 2 unspecified atom stereocenters. The summed E-state index contributed by atoms with van der Waals surface area (Å²) in [6, 6.07) is 15.2. The first-order valence-corrected chi connectivity index (χ1v) is 14.5. The number of piperazine rings is 1. The molecule has 0 spiro atoms. The van der Waals surface area contributed by atoms with Crippen molar-refractivity contribution in [2.75, 3.05) is 39.3 Å². The van der Waals surface area contributed by atoms with Crippen molar-refractivity contribution in [3.8, 4) is 0 Å². The number of rotatable bonds is 7. The smallest absolute Gasteiger partial charge is 0.245 e. The maximum Gasteiger partial charge on any atom is 0.245 e. The lowest BCUT2D eigenvalue weighted by molar-refractivity contribution is -0.130. The average Bonchev–Trinajstić information content (AvgIpc) is 3.22. The Labute approximate surface area is 215 Å². The van der Waals surface area contributed by atoms with Gasteiger partial charge in [0.05, 0.1) is 10.8 Å². The van der Waals surface area contributed by atoms with Crippen LogP contribution in [0.25, 0.3) is 10.9 Å². The van der Waals surface area contributed by atoms with Crippen LogP contribution < -0.4 is 0 Å². The van der Waals surface area contributed by atoms with Crippen LogP contribution in [0.4, 0.5) is 4.39 Å². The number of hydrogen-bond donors (Lipinski definition) is 0. The van der Waals surface area contributed by atoms with Gasteiger partial charge in [0, 0.05) is 50.9 Å². The molecule has 0 saturated carbocycles. The van der Waals surface area contributed by atoms with Gasteiger partial charge >= 0.3 is 0 Å². The molecule has 2 atom stereocenters. The van der Waals surface area contributed by atoms with Crippen molar-refractivity contribution < 1.29 is 17.6 Å². The van der Waals surface area contributed by atoms with E-state index in [1.807, 2.05) is 24.0 Å². The zero-order valence-corrected chi connectivity index (χ0v) is 21.7. The molecule has 3 aromatic rings. The third kappa shape index (κ3) is 4.87. The van der Waals surface area contributed by atoms with Crippen molar-refractivity contribution in [1.82, 2.24) is 19.1 Å². The predicted molar refractivity (Wildman–Crippen MR) is 139 cm³/mol. The molecule has 0 bridgehead atoms. The summed E-state index contributed by atoms with van der Waals surface area (Å²) in [7, 11) is -3.66. The van der Waals surface area contributed by atoms with Crippen LogP contribution in [0.2, 0.25) is 0 Å². The van der Waals surface area contributed by atoms with Crippen molar-refractivity contribution in [3.05, 3.63) is 72.2 Å². The quantitative estimate of drug-likeness (QED) is 0.465. The number of sulfonamides is 1. The summed E-state index contributed by atoms with van der Waals surface area (Å²) in [5.74, 6) is -0.180. The number of carbonyl (C=O) groups excluding carboxylic acids is 1. The molecule has 2 saturated heterocycles. The lowest BCUT2D eigenvalue weighted by Gasteiger charge is -2.35. The minimum absolute atomic E-state index is 0.101. The maximum absolute atomic E-state index is 13.4. The van der Waals surface area contributed by atoms with Gasteiger partial charge in [-0.1, -0.05) is 37.3 Å². The summed E-state index contributed by atoms with van der Waals surface area (Å²) in [6.07, 6.45) is 2.36. The molecule has 7 nitrogen and oxygen atoms in total. The van der Waals surface area contributed by atoms with Crippen molar-refractivity contribution in [3.63, 3.8) is 0 Å². The highest BCUT2D eigenvalue weighted by atomic mass is 32.2. The van der Waals surface area contributed by atoms with Crippen molar-refractivity contribution in [2.24, 2.45) is 0 Å². The number of para-hydroxylation sites is 1. The summed E-state index contributed by atoms with van der Waals surface area (Å²) >= 11 is 1.62. The Hall–Kier alpha value is -2.53. The van der Waals surface area contributed by atoms with E-state index in [1.54, 1.807) is 48.3 Å². The number of carbonyl (C=O) groups is 1. The first-order valence-electron chi connectivity index (χ1n) is 12.2. The third-order valence-electron chi connectivity index (χ3n) is 6.86. The van der Waals surface area contributed by atoms with E-state index in [1.165, 1.54) is 16.4 Å². The summed E-state index contributed by atoms with van der Waals surface area (Å²) < 4.78 is 41.8. The van der Waals surface area contributed by atoms with Crippen LogP contribution in [0.15, 0.2) is 65.7 Å². The van der Waals surface area contributed by atoms with E-state index >= 15 is 0 Å². The zero-order valence-electron chi connectivity index (χ0n) is 20.1. The van der Waals surface area contributed by atoms with Gasteiger partial charge in [0.15, 0.2) is 0 Å². The lowest BCUT2D eigenvalue weighted by Crippen LogP contribution is -2.50. The molecule has 190 valence electrons. The highest BCUT2D eigenvalue weighted by Crippen LogP contribution is 2.44. The topological polar surface area (TPSA) is 73.8 Å². The first kappa shape index (κ1) is 25.1. The molecule has 1 amide bonds. The highest BCUT2D eigenvalue weighted by molar-refractivity contribution is 8.01. The fraction of sp³-hybridized carbons (Fsp3) is 0.385. The molecule has 2 aliphatic heterocycles. The van der Waals surface area contributed by atoms with Crippen molar-refractivity contribution >= 4 is 38.6 Å². The molecule has 1 aromatic heterocycles. The van der Waals surface area contributed by atoms with Gasteiger partial charge in [-0.05, 0) is 36.2 Å². The van der Waals surface area contributed by atoms with Crippen LogP contribution in [-0.2, 0) is 14.8 Å². The normalized spacial score (nSPS) is 21.9. The van der Waals surface area contributed by atoms with Gasteiger partial charge in [-0.15, -0.1) is 11.8 Å². The Balaban J connectivity index is 1.23. The number of aromatic nitrogens is 1. The summed E-state index contributed by atoms with van der Waals surface area (Å²) in [5, 5.41) is 0.561. The van der Waals surface area contributed by atoms with Gasteiger partial charge in [0.25, 0.3) is 0 Å². The Morgan fingerprint density at radius 3 is 2.44 bits per heavy atom. The molecule has 2 aromatic carbocycles. The number of fused-ring (bicyclic) bond motifs is 1. The molecule has 36 heavy (non-hydrogen) atoms. The van der Waals surface area contributed by atoms with Crippen molar-refractivity contribution in [1.29, 1.82) is 0 Å². The second-order valence-corrected chi connectivity index (χ2v) is 12.2. The minimum atomic E-state index is -3.66. The standard InChI is InChI=1S/C26H29FN4O3S2/c1-2-22-25(32)31(26(35-22)20-8-10-21(27)11-9-20)18-15-29-13-16-30(17-14-29)36(33,34)23-7-3-5-19-6-4-12-28-24(19)23/h3-12,22,26H,2,13-18H2,1H3. The zero-order chi connectivity index (χ0) is 25.3. The van der Waals surface area contributed by atoms with Crippen LogP contribution in [-0.4, -0.2) is 77.9 Å². The first-order chi connectivity index (χ1) is 17.4. The Morgan fingerprint density at radius 1 is 1.00 bits per heavy atom. The average molecular weight is 529 g/mol. The number of pyridine rings is 1. The SMILES string of the molecule is CCC1SC(c2ccc(F)cc2)N(CCN2CCN(S(=O)(=O)c3cccc4cccnc34)CC2)C1=O. The van der Waals surface area contributed by atoms with Gasteiger partial charge in [-0.25, -0.2) is 12.8 Å². The molecule has 0 aliphatic carbocycles. The van der Waals surface area contributed by atoms with Gasteiger partial charge < -0.3 is 4.90 Å². The fourth-order valence-corrected chi connectivity index (χ4v) is 7.85. The molecule has 3 heterocycles. The molecule has 10 heteroatoms. The summed E-state index contributed by atoms with van der Waals surface area (Å²) in [5.41, 5.74) is 1.41. The van der Waals surface area contributed by atoms with Gasteiger partial charge in [-0.2, -0.15) is 4.31 Å². The number of benzene rings is 2. The predicted octanol–water partition coefficient (Wildman–Crippen LogP) is 3.73. The molecular weight excluding hydrogens is 499 g/mol. The molecular formula is C26H29FN4O3S2. The maximum atomic E-state index is 13.4. The summed E-state index contributed by atoms with van der Waals surface area (Å²) in [4.78, 5) is 21.7. The van der Waals surface area contributed by atoms with Crippen LogP contribution in [0.5, 0.6) is 0 Å². The number of thioether (sulfide) groups is 1. The highest BCUT2D eigenvalue weighted by Gasteiger charge is 2.40. The van der Waals surface area contributed by atoms with Gasteiger partial charge in [-0.3, -0.25) is 14.7 Å². The van der Waals surface area contributed by atoms with Crippen LogP contribution in [0.1, 0.15) is 24.3 Å². The van der Waals surface area contributed by atoms with Crippen LogP contribution in [0.3, 0.4) is 0 Å². The van der Waals surface area contributed by atoms with Crippen LogP contribution in [0, 0.1) is 5.82 Å². The van der Waals surface area contributed by atoms with E-state index in [0.717, 1.165) is 17.4 Å². The van der Waals surface area contributed by atoms with E-state index < -0.39 is 10.0 Å². The van der Waals surface area contributed by atoms with E-state index in [0.29, 0.717) is 44.8 Å². The summed E-state index contributed by atoms with van der Waals surface area (Å²) in [6.45, 7) is 5.15. The minimum Gasteiger partial charge on any atom is -0.324 e. The molecule has 5 rings (SSSR count). The molecule has 0 radical (unpaired) electrons. The van der Waals surface area contributed by atoms with E-state index in [9.17, 15) is 17.6 Å². The van der Waals surface area contributed by atoms with E-state index in [2.05, 4.69) is 9.88 Å². The second kappa shape index (κ2) is 10.5. The fourth-order valence-electron chi connectivity index (χ4n) is 4.84. The Kier molecular flexibility index (Phi) is 7.30. The molecule has 2 aliphatic rings. The van der Waals surface area contributed by atoms with E-state index in [4.69, 9.17) is 0 Å². The third-order valence-corrected chi connectivity index (χ3v) is 10.4. The second-order valence-electron chi connectivity index (χ2n) is 9.05. The molecule has 0 N–H and O–H groups in total. The number of halogens is 1. The van der Waals surface area contributed by atoms with E-state index in [-0.39, 0.29) is 27.2 Å². The Bertz CT molecular complexity index is 1340. The Morgan fingerprint density at radius 2 is 1.72 bits per heavy atom. The number of hydrogen-bond acceptors (Lipinski definition) is 6. The van der Waals surface area contributed by atoms with Gasteiger partial charge in [0.1, 0.15) is 16.1 Å². The monoisotopic (exact) mass is 528 g/mol. The molecule has 2 fully saturated rings. The number of amides is 1. The van der Waals surface area contributed by atoms with Gasteiger partial charge in [0.2, 0.25) is 15.9 Å².